The highest BCUT2D eigenvalue weighted by atomic mass is 16.5. The monoisotopic (exact) mass is 312 g/mol. The van der Waals surface area contributed by atoms with E-state index in [-0.39, 0.29) is 5.91 Å². The molecular formula is C18H20N2O3. The van der Waals surface area contributed by atoms with Crippen molar-refractivity contribution in [3.05, 3.63) is 59.7 Å². The van der Waals surface area contributed by atoms with Gasteiger partial charge in [0.2, 0.25) is 0 Å². The molecule has 0 fully saturated rings. The number of carbonyl (C=O) groups excluding carboxylic acids is 1. The van der Waals surface area contributed by atoms with Gasteiger partial charge in [-0.25, -0.2) is 5.43 Å². The normalized spacial score (nSPS) is 10.5. The number of carbonyl (C=O) groups is 1. The molecule has 0 aromatic heterocycles. The summed E-state index contributed by atoms with van der Waals surface area (Å²) in [5.74, 6) is 1.28. The summed E-state index contributed by atoms with van der Waals surface area (Å²) in [5.41, 5.74) is 3.90. The minimum absolute atomic E-state index is 0.268. The summed E-state index contributed by atoms with van der Waals surface area (Å²) in [6, 6.07) is 14.4. The second-order valence-corrected chi connectivity index (χ2v) is 4.66. The summed E-state index contributed by atoms with van der Waals surface area (Å²) in [6.45, 7) is 5.07. The first-order valence-electron chi connectivity index (χ1n) is 7.52. The van der Waals surface area contributed by atoms with Crippen molar-refractivity contribution >= 4 is 12.1 Å². The molecule has 0 aliphatic carbocycles. The number of nitrogens with zero attached hydrogens (tertiary/aromatic N) is 1. The van der Waals surface area contributed by atoms with Gasteiger partial charge in [0.25, 0.3) is 5.91 Å². The summed E-state index contributed by atoms with van der Waals surface area (Å²) in [6.07, 6.45) is 1.59. The standard InChI is InChI=1S/C18H20N2O3/c1-3-22-16-9-5-14(6-10-16)13-19-20-18(21)15-7-11-17(12-8-15)23-4-2/h5-13H,3-4H2,1-2H3,(H,20,21)/b19-13-. The maximum absolute atomic E-state index is 12.0. The maximum Gasteiger partial charge on any atom is 0.271 e. The predicted molar refractivity (Wildman–Crippen MR) is 90.3 cm³/mol. The highest BCUT2D eigenvalue weighted by Crippen LogP contribution is 2.12. The molecular weight excluding hydrogens is 292 g/mol. The Labute approximate surface area is 135 Å². The van der Waals surface area contributed by atoms with E-state index in [1.807, 2.05) is 38.1 Å². The smallest absolute Gasteiger partial charge is 0.271 e. The van der Waals surface area contributed by atoms with Crippen LogP contribution in [0.3, 0.4) is 0 Å². The minimum Gasteiger partial charge on any atom is -0.494 e. The molecule has 23 heavy (non-hydrogen) atoms. The summed E-state index contributed by atoms with van der Waals surface area (Å²) in [5, 5.41) is 3.96. The van der Waals surface area contributed by atoms with Crippen LogP contribution >= 0.6 is 0 Å². The lowest BCUT2D eigenvalue weighted by atomic mass is 10.2. The van der Waals surface area contributed by atoms with E-state index in [0.717, 1.165) is 17.1 Å². The Hall–Kier alpha value is -2.82. The summed E-state index contributed by atoms with van der Waals surface area (Å²) < 4.78 is 10.7. The number of amides is 1. The largest absolute Gasteiger partial charge is 0.494 e. The molecule has 2 rings (SSSR count). The van der Waals surface area contributed by atoms with E-state index in [0.29, 0.717) is 18.8 Å². The topological polar surface area (TPSA) is 59.9 Å². The zero-order chi connectivity index (χ0) is 16.5. The first-order valence-corrected chi connectivity index (χ1v) is 7.52. The Balaban J connectivity index is 1.90. The van der Waals surface area contributed by atoms with Crippen molar-refractivity contribution in [1.29, 1.82) is 0 Å². The van der Waals surface area contributed by atoms with E-state index in [1.165, 1.54) is 0 Å². The summed E-state index contributed by atoms with van der Waals surface area (Å²) in [4.78, 5) is 12.0. The van der Waals surface area contributed by atoms with Crippen LogP contribution < -0.4 is 14.9 Å². The Morgan fingerprint density at radius 3 is 2.00 bits per heavy atom. The highest BCUT2D eigenvalue weighted by molar-refractivity contribution is 5.95. The number of benzene rings is 2. The van der Waals surface area contributed by atoms with Crippen LogP contribution in [0.1, 0.15) is 29.8 Å². The second kappa shape index (κ2) is 8.58. The molecule has 5 nitrogen and oxygen atoms in total. The average molecular weight is 312 g/mol. The van der Waals surface area contributed by atoms with Crippen molar-refractivity contribution in [2.75, 3.05) is 13.2 Å². The fourth-order valence-electron chi connectivity index (χ4n) is 1.92. The van der Waals surface area contributed by atoms with E-state index in [2.05, 4.69) is 10.5 Å². The molecule has 0 radical (unpaired) electrons. The Bertz CT molecular complexity index is 649. The number of hydrogen-bond acceptors (Lipinski definition) is 4. The van der Waals surface area contributed by atoms with E-state index in [1.54, 1.807) is 30.5 Å². The van der Waals surface area contributed by atoms with Gasteiger partial charge in [0.1, 0.15) is 11.5 Å². The van der Waals surface area contributed by atoms with Gasteiger partial charge in [-0.15, -0.1) is 0 Å². The zero-order valence-corrected chi connectivity index (χ0v) is 13.3. The molecule has 0 bridgehead atoms. The number of hydrazone groups is 1. The number of nitrogens with one attached hydrogen (secondary N) is 1. The number of ether oxygens (including phenoxy) is 2. The summed E-state index contributed by atoms with van der Waals surface area (Å²) >= 11 is 0. The van der Waals surface area contributed by atoms with Crippen LogP contribution in [-0.2, 0) is 0 Å². The first kappa shape index (κ1) is 16.5. The molecule has 0 saturated carbocycles. The van der Waals surface area contributed by atoms with Gasteiger partial charge in [-0.3, -0.25) is 4.79 Å². The minimum atomic E-state index is -0.268. The van der Waals surface area contributed by atoms with Gasteiger partial charge >= 0.3 is 0 Å². The fourth-order valence-corrected chi connectivity index (χ4v) is 1.92. The maximum atomic E-state index is 12.0. The Morgan fingerprint density at radius 2 is 1.48 bits per heavy atom. The van der Waals surface area contributed by atoms with Crippen LogP contribution in [0.5, 0.6) is 11.5 Å². The lowest BCUT2D eigenvalue weighted by molar-refractivity contribution is 0.0955. The molecule has 0 spiro atoms. The van der Waals surface area contributed by atoms with Gasteiger partial charge < -0.3 is 9.47 Å². The fraction of sp³-hybridized carbons (Fsp3) is 0.222. The molecule has 120 valence electrons. The number of hydrogen-bond donors (Lipinski definition) is 1. The third-order valence-corrected chi connectivity index (χ3v) is 3.00. The van der Waals surface area contributed by atoms with Crippen LogP contribution in [0, 0.1) is 0 Å². The predicted octanol–water partition coefficient (Wildman–Crippen LogP) is 3.25. The van der Waals surface area contributed by atoms with Crippen LogP contribution in [0.2, 0.25) is 0 Å². The van der Waals surface area contributed by atoms with E-state index < -0.39 is 0 Å². The van der Waals surface area contributed by atoms with E-state index >= 15 is 0 Å². The molecule has 0 aliphatic heterocycles. The third kappa shape index (κ3) is 5.14. The van der Waals surface area contributed by atoms with Crippen molar-refractivity contribution in [3.63, 3.8) is 0 Å². The van der Waals surface area contributed by atoms with Crippen LogP contribution in [0.15, 0.2) is 53.6 Å². The lowest BCUT2D eigenvalue weighted by Crippen LogP contribution is -2.17. The molecule has 0 unspecified atom stereocenters. The lowest BCUT2D eigenvalue weighted by Gasteiger charge is -2.04. The van der Waals surface area contributed by atoms with Crippen LogP contribution in [-0.4, -0.2) is 25.3 Å². The molecule has 5 heteroatoms. The molecule has 0 heterocycles. The van der Waals surface area contributed by atoms with Crippen LogP contribution in [0.4, 0.5) is 0 Å². The van der Waals surface area contributed by atoms with Gasteiger partial charge in [-0.2, -0.15) is 5.10 Å². The average Bonchev–Trinajstić information content (AvgIpc) is 2.57. The first-order chi connectivity index (χ1) is 11.2. The zero-order valence-electron chi connectivity index (χ0n) is 13.3. The molecule has 0 aliphatic rings. The third-order valence-electron chi connectivity index (χ3n) is 3.00. The Kier molecular flexibility index (Phi) is 6.17. The van der Waals surface area contributed by atoms with Gasteiger partial charge in [0.05, 0.1) is 19.4 Å². The van der Waals surface area contributed by atoms with Crippen molar-refractivity contribution < 1.29 is 14.3 Å². The van der Waals surface area contributed by atoms with Crippen molar-refractivity contribution in [1.82, 2.24) is 5.43 Å². The van der Waals surface area contributed by atoms with E-state index in [4.69, 9.17) is 9.47 Å². The molecule has 2 aromatic rings. The molecule has 2 aromatic carbocycles. The highest BCUT2D eigenvalue weighted by Gasteiger charge is 2.04. The van der Waals surface area contributed by atoms with E-state index in [9.17, 15) is 4.79 Å². The molecule has 1 N–H and O–H groups in total. The van der Waals surface area contributed by atoms with Gasteiger partial charge in [-0.1, -0.05) is 0 Å². The van der Waals surface area contributed by atoms with Gasteiger partial charge in [-0.05, 0) is 67.9 Å². The second-order valence-electron chi connectivity index (χ2n) is 4.66. The molecule has 0 saturated heterocycles. The number of rotatable bonds is 7. The van der Waals surface area contributed by atoms with Gasteiger partial charge in [0.15, 0.2) is 0 Å². The molecule has 0 atom stereocenters. The SMILES string of the molecule is CCOc1ccc(/C=N\NC(=O)c2ccc(OCC)cc2)cc1. The molecule has 1 amide bonds. The quantitative estimate of drug-likeness (QED) is 0.630. The van der Waals surface area contributed by atoms with Crippen molar-refractivity contribution in [3.8, 4) is 11.5 Å². The van der Waals surface area contributed by atoms with Crippen molar-refractivity contribution in [2.45, 2.75) is 13.8 Å². The van der Waals surface area contributed by atoms with Crippen LogP contribution in [0.25, 0.3) is 0 Å². The summed E-state index contributed by atoms with van der Waals surface area (Å²) in [7, 11) is 0. The Morgan fingerprint density at radius 1 is 0.957 bits per heavy atom. The van der Waals surface area contributed by atoms with Crippen molar-refractivity contribution in [2.24, 2.45) is 5.10 Å². The van der Waals surface area contributed by atoms with Gasteiger partial charge in [0, 0.05) is 5.56 Å².